The molecule has 0 aliphatic rings. The Hall–Kier alpha value is -2.12. The van der Waals surface area contributed by atoms with E-state index in [9.17, 15) is 10.2 Å². The summed E-state index contributed by atoms with van der Waals surface area (Å²) in [6, 6.07) is 0. The number of ether oxygens (including phenoxy) is 2. The number of aliphatic hydroxyl groups is 2. The van der Waals surface area contributed by atoms with E-state index in [4.69, 9.17) is 20.5 Å². The molecule has 2 N–H and O–H groups in total. The van der Waals surface area contributed by atoms with Gasteiger partial charge < -0.3 is 19.7 Å². The van der Waals surface area contributed by atoms with Crippen LogP contribution in [0.1, 0.15) is 39.5 Å². The van der Waals surface area contributed by atoms with Gasteiger partial charge in [0.05, 0.1) is 26.3 Å². The monoisotopic (exact) mass is 342 g/mol. The molecule has 0 aromatic rings. The lowest BCUT2D eigenvalue weighted by atomic mass is 10.2. The summed E-state index contributed by atoms with van der Waals surface area (Å²) in [6.07, 6.45) is 0.740. The van der Waals surface area contributed by atoms with Gasteiger partial charge in [-0.05, 0) is 23.9 Å². The first kappa shape index (κ1) is 21.9. The second-order valence-electron chi connectivity index (χ2n) is 4.99. The first-order valence-corrected chi connectivity index (χ1v) is 7.99. The number of hydrogen-bond acceptors (Lipinski definition) is 6. The van der Waals surface area contributed by atoms with E-state index < -0.39 is 12.2 Å². The molecule has 0 aliphatic carbocycles. The zero-order valence-corrected chi connectivity index (χ0v) is 14.2. The smallest absolute Gasteiger partial charge is 0.165 e. The van der Waals surface area contributed by atoms with Crippen molar-refractivity contribution in [3.63, 3.8) is 0 Å². The molecular formula is C14H26N6O4. The molecule has 0 aromatic heterocycles. The third-order valence-electron chi connectivity index (χ3n) is 2.99. The Balaban J connectivity index is 5.48. The summed E-state index contributed by atoms with van der Waals surface area (Å²) in [4.78, 5) is 5.20. The number of nitrogens with zero attached hydrogens (tertiary/aromatic N) is 6. The van der Waals surface area contributed by atoms with Crippen LogP contribution < -0.4 is 0 Å². The fourth-order valence-corrected chi connectivity index (χ4v) is 1.71. The molecule has 0 rings (SSSR count). The van der Waals surface area contributed by atoms with Gasteiger partial charge in [-0.3, -0.25) is 0 Å². The molecule has 10 heteroatoms. The molecule has 0 radical (unpaired) electrons. The van der Waals surface area contributed by atoms with Crippen LogP contribution in [-0.2, 0) is 9.47 Å². The normalized spacial score (nSPS) is 13.8. The maximum absolute atomic E-state index is 10.2. The Labute approximate surface area is 141 Å². The first-order valence-electron chi connectivity index (χ1n) is 7.99. The van der Waals surface area contributed by atoms with Crippen molar-refractivity contribution in [3.05, 3.63) is 32.4 Å². The van der Waals surface area contributed by atoms with Crippen molar-refractivity contribution in [2.45, 2.75) is 51.7 Å². The van der Waals surface area contributed by atoms with Crippen LogP contribution in [-0.4, -0.2) is 48.7 Å². The van der Waals surface area contributed by atoms with Crippen LogP contribution in [0, 0.1) is 0 Å². The summed E-state index contributed by atoms with van der Waals surface area (Å²) in [5.41, 5.74) is 16.8. The molecule has 0 saturated heterocycles. The van der Waals surface area contributed by atoms with E-state index in [0.717, 1.165) is 25.7 Å². The minimum atomic E-state index is -1.25. The van der Waals surface area contributed by atoms with Crippen molar-refractivity contribution >= 4 is 0 Å². The third-order valence-corrected chi connectivity index (χ3v) is 2.99. The van der Waals surface area contributed by atoms with Crippen LogP contribution in [0.3, 0.4) is 0 Å². The minimum Gasteiger partial charge on any atom is -0.492 e. The number of unbranched alkanes of at least 4 members (excludes halogenated alkanes) is 2. The summed E-state index contributed by atoms with van der Waals surface area (Å²) in [5, 5.41) is 27.0. The second-order valence-corrected chi connectivity index (χ2v) is 4.99. The summed E-state index contributed by atoms with van der Waals surface area (Å²) >= 11 is 0. The molecule has 10 nitrogen and oxygen atoms in total. The van der Waals surface area contributed by atoms with Crippen LogP contribution in [0.4, 0.5) is 0 Å². The quantitative estimate of drug-likeness (QED) is 0.163. The number of hydrogen-bond donors (Lipinski definition) is 2. The zero-order valence-electron chi connectivity index (χ0n) is 14.2. The van der Waals surface area contributed by atoms with Gasteiger partial charge in [0.2, 0.25) is 0 Å². The highest BCUT2D eigenvalue weighted by molar-refractivity contribution is 5.12. The lowest BCUT2D eigenvalue weighted by Crippen LogP contribution is -2.26. The first-order chi connectivity index (χ1) is 11.6. The molecular weight excluding hydrogens is 316 g/mol. The van der Waals surface area contributed by atoms with Gasteiger partial charge in [-0.1, -0.05) is 36.9 Å². The topological polar surface area (TPSA) is 156 Å². The highest BCUT2D eigenvalue weighted by Crippen LogP contribution is 2.19. The molecule has 0 aromatic carbocycles. The van der Waals surface area contributed by atoms with Crippen LogP contribution >= 0.6 is 0 Å². The Morgan fingerprint density at radius 1 is 0.875 bits per heavy atom. The van der Waals surface area contributed by atoms with Crippen molar-refractivity contribution in [1.29, 1.82) is 0 Å². The lowest BCUT2D eigenvalue weighted by Gasteiger charge is -2.22. The van der Waals surface area contributed by atoms with Gasteiger partial charge in [-0.2, -0.15) is 0 Å². The van der Waals surface area contributed by atoms with E-state index in [-0.39, 0.29) is 24.6 Å². The molecule has 2 unspecified atom stereocenters. The van der Waals surface area contributed by atoms with Crippen molar-refractivity contribution in [2.24, 2.45) is 10.2 Å². The highest BCUT2D eigenvalue weighted by Gasteiger charge is 2.24. The highest BCUT2D eigenvalue weighted by atomic mass is 16.5. The van der Waals surface area contributed by atoms with Gasteiger partial charge in [-0.15, -0.1) is 0 Å². The van der Waals surface area contributed by atoms with Crippen LogP contribution in [0.5, 0.6) is 0 Å². The van der Waals surface area contributed by atoms with Gasteiger partial charge in [0.25, 0.3) is 0 Å². The summed E-state index contributed by atoms with van der Waals surface area (Å²) in [6.45, 7) is 4.08. The van der Waals surface area contributed by atoms with Gasteiger partial charge >= 0.3 is 0 Å². The zero-order chi connectivity index (χ0) is 18.2. The average Bonchev–Trinajstić information content (AvgIpc) is 2.59. The summed E-state index contributed by atoms with van der Waals surface area (Å²) in [7, 11) is 0. The molecule has 0 heterocycles. The summed E-state index contributed by atoms with van der Waals surface area (Å²) < 4.78 is 11.1. The Morgan fingerprint density at radius 2 is 1.25 bits per heavy atom. The molecule has 0 aliphatic heterocycles. The van der Waals surface area contributed by atoms with Crippen LogP contribution in [0.2, 0.25) is 0 Å². The lowest BCUT2D eigenvalue weighted by molar-refractivity contribution is 0.0471. The number of rotatable bonds is 14. The molecule has 24 heavy (non-hydrogen) atoms. The maximum atomic E-state index is 10.2. The minimum absolute atomic E-state index is 0.00703. The maximum Gasteiger partial charge on any atom is 0.165 e. The Kier molecular flexibility index (Phi) is 13.2. The number of aliphatic hydroxyl groups excluding tert-OH is 2. The van der Waals surface area contributed by atoms with E-state index in [0.29, 0.717) is 13.2 Å². The van der Waals surface area contributed by atoms with Crippen molar-refractivity contribution in [2.75, 3.05) is 26.3 Å². The standard InChI is InChI=1S/C14H26N6O4/c1-3-5-7-23-13(11(21)9-17-19-15)14(24-8-6-4-2)12(22)10-18-20-16/h11-12,21-22H,3-10H2,1-2H3/b14-13+. The Bertz CT molecular complexity index is 430. The largest absolute Gasteiger partial charge is 0.492 e. The molecule has 0 spiro atoms. The van der Waals surface area contributed by atoms with Gasteiger partial charge in [-0.25, -0.2) is 0 Å². The fourth-order valence-electron chi connectivity index (χ4n) is 1.71. The molecule has 0 amide bonds. The predicted octanol–water partition coefficient (Wildman–Crippen LogP) is 3.17. The van der Waals surface area contributed by atoms with Gasteiger partial charge in [0.15, 0.2) is 11.5 Å². The fraction of sp³-hybridized carbons (Fsp3) is 0.857. The summed E-state index contributed by atoms with van der Waals surface area (Å²) in [5.74, 6) is 0.0141. The molecule has 0 fully saturated rings. The van der Waals surface area contributed by atoms with Crippen molar-refractivity contribution in [3.8, 4) is 0 Å². The van der Waals surface area contributed by atoms with E-state index in [1.165, 1.54) is 0 Å². The SMILES string of the molecule is CCCCO/C(=C(/OCCCC)C(O)CN=[N+]=[N-])C(O)CN=[N+]=[N-]. The van der Waals surface area contributed by atoms with Crippen LogP contribution in [0.25, 0.3) is 20.9 Å². The molecule has 0 bridgehead atoms. The van der Waals surface area contributed by atoms with E-state index in [1.807, 2.05) is 13.8 Å². The predicted molar refractivity (Wildman–Crippen MR) is 88.8 cm³/mol. The second kappa shape index (κ2) is 14.5. The average molecular weight is 342 g/mol. The van der Waals surface area contributed by atoms with Gasteiger partial charge in [0, 0.05) is 9.82 Å². The number of azide groups is 2. The van der Waals surface area contributed by atoms with Crippen molar-refractivity contribution in [1.82, 2.24) is 0 Å². The molecule has 0 saturated carbocycles. The van der Waals surface area contributed by atoms with E-state index in [1.54, 1.807) is 0 Å². The van der Waals surface area contributed by atoms with Crippen molar-refractivity contribution < 1.29 is 19.7 Å². The molecule has 136 valence electrons. The Morgan fingerprint density at radius 3 is 1.54 bits per heavy atom. The third kappa shape index (κ3) is 9.12. The van der Waals surface area contributed by atoms with E-state index >= 15 is 0 Å². The van der Waals surface area contributed by atoms with E-state index in [2.05, 4.69) is 20.1 Å². The van der Waals surface area contributed by atoms with Crippen LogP contribution in [0.15, 0.2) is 21.7 Å². The molecule has 2 atom stereocenters. The van der Waals surface area contributed by atoms with Gasteiger partial charge in [0.1, 0.15) is 12.2 Å².